The second kappa shape index (κ2) is 7.03. The first kappa shape index (κ1) is 15.2. The summed E-state index contributed by atoms with van der Waals surface area (Å²) < 4.78 is 34.7. The van der Waals surface area contributed by atoms with Crippen molar-refractivity contribution in [2.24, 2.45) is 0 Å². The van der Waals surface area contributed by atoms with E-state index in [1.807, 2.05) is 6.92 Å². The van der Waals surface area contributed by atoms with E-state index in [0.29, 0.717) is 12.1 Å². The largest absolute Gasteiger partial charge is 0.493 e. The SMILES string of the molecule is COc1cccc(CNC(C)c2cn[nH]c2)c1OC(F)F. The molecule has 0 aliphatic heterocycles. The predicted octanol–water partition coefficient (Wildman–Crippen LogP) is 2.87. The Morgan fingerprint density at radius 2 is 2.19 bits per heavy atom. The van der Waals surface area contributed by atoms with Gasteiger partial charge in [-0.3, -0.25) is 5.10 Å². The molecule has 1 aromatic heterocycles. The lowest BCUT2D eigenvalue weighted by Crippen LogP contribution is -2.18. The van der Waals surface area contributed by atoms with Crippen LogP contribution in [0, 0.1) is 0 Å². The van der Waals surface area contributed by atoms with Gasteiger partial charge in [0.2, 0.25) is 0 Å². The number of H-pyrrole nitrogens is 1. The molecule has 1 heterocycles. The lowest BCUT2D eigenvalue weighted by molar-refractivity contribution is -0.0518. The molecule has 21 heavy (non-hydrogen) atoms. The highest BCUT2D eigenvalue weighted by atomic mass is 19.3. The zero-order valence-corrected chi connectivity index (χ0v) is 11.8. The Bertz CT molecular complexity index is 561. The van der Waals surface area contributed by atoms with Crippen LogP contribution in [-0.4, -0.2) is 23.9 Å². The third-order valence-corrected chi connectivity index (χ3v) is 3.11. The Hall–Kier alpha value is -2.15. The van der Waals surface area contributed by atoms with Crippen LogP contribution in [-0.2, 0) is 6.54 Å². The molecule has 1 aromatic carbocycles. The standard InChI is InChI=1S/C14H17F2N3O2/c1-9(11-7-18-19-8-11)17-6-10-4-3-5-12(20-2)13(10)21-14(15)16/h3-5,7-9,14,17H,6H2,1-2H3,(H,18,19). The van der Waals surface area contributed by atoms with Gasteiger partial charge in [-0.1, -0.05) is 12.1 Å². The molecule has 0 aliphatic rings. The molecule has 1 atom stereocenters. The minimum atomic E-state index is -2.90. The van der Waals surface area contributed by atoms with Crippen molar-refractivity contribution in [2.45, 2.75) is 26.1 Å². The van der Waals surface area contributed by atoms with Gasteiger partial charge in [-0.25, -0.2) is 0 Å². The molecule has 0 saturated carbocycles. The number of para-hydroxylation sites is 1. The van der Waals surface area contributed by atoms with Gasteiger partial charge in [0.05, 0.1) is 13.3 Å². The van der Waals surface area contributed by atoms with Crippen molar-refractivity contribution in [3.05, 3.63) is 41.7 Å². The summed E-state index contributed by atoms with van der Waals surface area (Å²) in [7, 11) is 1.42. The molecule has 1 unspecified atom stereocenters. The smallest absolute Gasteiger partial charge is 0.387 e. The van der Waals surface area contributed by atoms with Gasteiger partial charge in [-0.05, 0) is 13.0 Å². The quantitative estimate of drug-likeness (QED) is 0.825. The summed E-state index contributed by atoms with van der Waals surface area (Å²) in [6.07, 6.45) is 3.49. The minimum Gasteiger partial charge on any atom is -0.493 e. The summed E-state index contributed by atoms with van der Waals surface area (Å²) >= 11 is 0. The van der Waals surface area contributed by atoms with Crippen LogP contribution < -0.4 is 14.8 Å². The predicted molar refractivity (Wildman–Crippen MR) is 73.5 cm³/mol. The Balaban J connectivity index is 2.11. The molecule has 2 aromatic rings. The van der Waals surface area contributed by atoms with E-state index in [4.69, 9.17) is 4.74 Å². The van der Waals surface area contributed by atoms with Crippen molar-refractivity contribution in [1.82, 2.24) is 15.5 Å². The highest BCUT2D eigenvalue weighted by molar-refractivity contribution is 5.46. The minimum absolute atomic E-state index is 0.0225. The first-order chi connectivity index (χ1) is 10.1. The number of hydrogen-bond acceptors (Lipinski definition) is 4. The molecule has 7 heteroatoms. The van der Waals surface area contributed by atoms with Crippen molar-refractivity contribution >= 4 is 0 Å². The van der Waals surface area contributed by atoms with Crippen molar-refractivity contribution in [3.8, 4) is 11.5 Å². The molecule has 0 aliphatic carbocycles. The van der Waals surface area contributed by atoms with Crippen LogP contribution in [0.15, 0.2) is 30.6 Å². The fourth-order valence-electron chi connectivity index (χ4n) is 1.96. The number of methoxy groups -OCH3 is 1. The van der Waals surface area contributed by atoms with Gasteiger partial charge in [0.25, 0.3) is 0 Å². The maximum atomic E-state index is 12.5. The number of nitrogens with one attached hydrogen (secondary N) is 2. The van der Waals surface area contributed by atoms with Crippen LogP contribution in [0.4, 0.5) is 8.78 Å². The fourth-order valence-corrected chi connectivity index (χ4v) is 1.96. The number of rotatable bonds is 7. The topological polar surface area (TPSA) is 59.2 Å². The van der Waals surface area contributed by atoms with E-state index in [-0.39, 0.29) is 17.5 Å². The number of halogens is 2. The van der Waals surface area contributed by atoms with E-state index in [1.54, 1.807) is 30.6 Å². The van der Waals surface area contributed by atoms with Gasteiger partial charge in [0, 0.05) is 29.9 Å². The van der Waals surface area contributed by atoms with E-state index in [0.717, 1.165) is 5.56 Å². The zero-order valence-electron chi connectivity index (χ0n) is 11.8. The number of ether oxygens (including phenoxy) is 2. The summed E-state index contributed by atoms with van der Waals surface area (Å²) in [6.45, 7) is -0.573. The maximum absolute atomic E-state index is 12.5. The summed E-state index contributed by atoms with van der Waals surface area (Å²) in [5.74, 6) is 0.340. The van der Waals surface area contributed by atoms with Crippen molar-refractivity contribution < 1.29 is 18.3 Å². The van der Waals surface area contributed by atoms with Gasteiger partial charge in [-0.2, -0.15) is 13.9 Å². The molecule has 0 fully saturated rings. The Morgan fingerprint density at radius 3 is 2.81 bits per heavy atom. The molecular formula is C14H17F2N3O2. The molecule has 0 spiro atoms. The van der Waals surface area contributed by atoms with Gasteiger partial charge in [0.1, 0.15) is 0 Å². The summed E-state index contributed by atoms with van der Waals surface area (Å²) in [5.41, 5.74) is 1.58. The molecule has 2 N–H and O–H groups in total. The van der Waals surface area contributed by atoms with Crippen LogP contribution in [0.25, 0.3) is 0 Å². The van der Waals surface area contributed by atoms with E-state index < -0.39 is 6.61 Å². The first-order valence-corrected chi connectivity index (χ1v) is 6.44. The van der Waals surface area contributed by atoms with Gasteiger partial charge in [-0.15, -0.1) is 0 Å². The van der Waals surface area contributed by atoms with E-state index in [2.05, 4.69) is 20.3 Å². The number of alkyl halides is 2. The molecule has 5 nitrogen and oxygen atoms in total. The second-order valence-electron chi connectivity index (χ2n) is 4.46. The van der Waals surface area contributed by atoms with E-state index >= 15 is 0 Å². The Morgan fingerprint density at radius 1 is 1.38 bits per heavy atom. The lowest BCUT2D eigenvalue weighted by atomic mass is 10.1. The van der Waals surface area contributed by atoms with Crippen LogP contribution in [0.2, 0.25) is 0 Å². The summed E-state index contributed by atoms with van der Waals surface area (Å²) in [6, 6.07) is 5.06. The van der Waals surface area contributed by atoms with Crippen molar-refractivity contribution in [3.63, 3.8) is 0 Å². The molecule has 0 amide bonds. The number of hydrogen-bond donors (Lipinski definition) is 2. The van der Waals surface area contributed by atoms with Crippen molar-refractivity contribution in [1.29, 1.82) is 0 Å². The normalized spacial score (nSPS) is 12.4. The number of aromatic amines is 1. The van der Waals surface area contributed by atoms with Crippen molar-refractivity contribution in [2.75, 3.05) is 7.11 Å². The van der Waals surface area contributed by atoms with E-state index in [1.165, 1.54) is 7.11 Å². The van der Waals surface area contributed by atoms with Gasteiger partial charge >= 0.3 is 6.61 Å². The molecule has 0 radical (unpaired) electrons. The zero-order chi connectivity index (χ0) is 15.2. The van der Waals surface area contributed by atoms with Crippen LogP contribution in [0.1, 0.15) is 24.1 Å². The second-order valence-corrected chi connectivity index (χ2v) is 4.46. The highest BCUT2D eigenvalue weighted by Crippen LogP contribution is 2.32. The molecule has 0 saturated heterocycles. The highest BCUT2D eigenvalue weighted by Gasteiger charge is 2.16. The number of nitrogens with zero attached hydrogens (tertiary/aromatic N) is 1. The number of aromatic nitrogens is 2. The fraction of sp³-hybridized carbons (Fsp3) is 0.357. The maximum Gasteiger partial charge on any atom is 0.387 e. The Labute approximate surface area is 121 Å². The average molecular weight is 297 g/mol. The van der Waals surface area contributed by atoms with E-state index in [9.17, 15) is 8.78 Å². The van der Waals surface area contributed by atoms with Crippen LogP contribution in [0.3, 0.4) is 0 Å². The van der Waals surface area contributed by atoms with Gasteiger partial charge in [0.15, 0.2) is 11.5 Å². The molecular weight excluding hydrogens is 280 g/mol. The van der Waals surface area contributed by atoms with Gasteiger partial charge < -0.3 is 14.8 Å². The molecule has 0 bridgehead atoms. The number of benzene rings is 1. The van der Waals surface area contributed by atoms with Crippen LogP contribution >= 0.6 is 0 Å². The monoisotopic (exact) mass is 297 g/mol. The molecule has 2 rings (SSSR count). The lowest BCUT2D eigenvalue weighted by Gasteiger charge is -2.17. The molecule has 114 valence electrons. The summed E-state index contributed by atoms with van der Waals surface area (Å²) in [5, 5.41) is 9.83. The third kappa shape index (κ3) is 3.91. The average Bonchev–Trinajstić information content (AvgIpc) is 2.99. The third-order valence-electron chi connectivity index (χ3n) is 3.11. The first-order valence-electron chi connectivity index (χ1n) is 6.44. The van der Waals surface area contributed by atoms with Crippen LogP contribution in [0.5, 0.6) is 11.5 Å². The summed E-state index contributed by atoms with van der Waals surface area (Å²) in [4.78, 5) is 0. The Kier molecular flexibility index (Phi) is 5.10.